The van der Waals surface area contributed by atoms with Crippen LogP contribution in [0.2, 0.25) is 0 Å². The second-order valence-corrected chi connectivity index (χ2v) is 3.09. The molecule has 0 bridgehead atoms. The molecule has 92 valence electrons. The highest BCUT2D eigenvalue weighted by molar-refractivity contribution is 5.97. The lowest BCUT2D eigenvalue weighted by Gasteiger charge is -1.97. The van der Waals surface area contributed by atoms with Gasteiger partial charge < -0.3 is 9.84 Å². The lowest BCUT2D eigenvalue weighted by Crippen LogP contribution is -2.04. The molecule has 1 aromatic rings. The summed E-state index contributed by atoms with van der Waals surface area (Å²) in [6.07, 6.45) is 0. The van der Waals surface area contributed by atoms with Crippen molar-refractivity contribution in [1.29, 1.82) is 5.39 Å². The van der Waals surface area contributed by atoms with Crippen LogP contribution in [0.5, 0.6) is 0 Å². The van der Waals surface area contributed by atoms with Gasteiger partial charge in [0.15, 0.2) is 4.98 Å². The molecule has 18 heavy (non-hydrogen) atoms. The highest BCUT2D eigenvalue weighted by atomic mass is 16.6. The van der Waals surface area contributed by atoms with Crippen molar-refractivity contribution in [2.75, 3.05) is 7.11 Å². The van der Waals surface area contributed by atoms with Gasteiger partial charge in [-0.3, -0.25) is 10.1 Å². The Kier molecular flexibility index (Phi) is 3.93. The van der Waals surface area contributed by atoms with Crippen molar-refractivity contribution in [2.24, 2.45) is 0 Å². The van der Waals surface area contributed by atoms with Crippen LogP contribution in [0.15, 0.2) is 30.0 Å². The third kappa shape index (κ3) is 2.59. The molecule has 0 fully saturated rings. The number of ether oxygens (including phenoxy) is 1. The van der Waals surface area contributed by atoms with Crippen LogP contribution in [0, 0.1) is 15.5 Å². The number of rotatable bonds is 3. The van der Waals surface area contributed by atoms with Crippen molar-refractivity contribution < 1.29 is 19.6 Å². The van der Waals surface area contributed by atoms with Crippen LogP contribution in [0.1, 0.15) is 5.56 Å². The summed E-state index contributed by atoms with van der Waals surface area (Å²) in [7, 11) is 1.05. The van der Waals surface area contributed by atoms with Gasteiger partial charge in [0.2, 0.25) is 11.2 Å². The number of esters is 1. The Morgan fingerprint density at radius 1 is 1.44 bits per heavy atom. The smallest absolute Gasteiger partial charge is 0.501 e. The van der Waals surface area contributed by atoms with Gasteiger partial charge in [0.1, 0.15) is 0 Å². The lowest BCUT2D eigenvalue weighted by molar-refractivity contribution is -0.384. The van der Waals surface area contributed by atoms with Crippen molar-refractivity contribution in [2.45, 2.75) is 0 Å². The second-order valence-electron chi connectivity index (χ2n) is 3.09. The molecule has 0 spiro atoms. The first-order chi connectivity index (χ1) is 8.51. The van der Waals surface area contributed by atoms with Gasteiger partial charge in [-0.15, -0.1) is 0 Å². The summed E-state index contributed by atoms with van der Waals surface area (Å²) in [5.74, 6) is -1.67. The van der Waals surface area contributed by atoms with Gasteiger partial charge in [-0.2, -0.15) is 0 Å². The van der Waals surface area contributed by atoms with E-state index in [1.165, 1.54) is 12.1 Å². The molecule has 0 unspecified atom stereocenters. The molecule has 1 N–H and O–H groups in total. The van der Waals surface area contributed by atoms with Crippen LogP contribution in [-0.4, -0.2) is 23.1 Å². The Morgan fingerprint density at radius 3 is 2.39 bits per heavy atom. The Balaban J connectivity index is 3.21. The van der Waals surface area contributed by atoms with Crippen molar-refractivity contribution in [3.63, 3.8) is 0 Å². The first-order valence-electron chi connectivity index (χ1n) is 4.62. The van der Waals surface area contributed by atoms with E-state index in [0.29, 0.717) is 0 Å². The maximum Gasteiger partial charge on any atom is 0.510 e. The molecule has 0 amide bonds. The number of nitrogens with zero attached hydrogens (tertiary/aromatic N) is 3. The van der Waals surface area contributed by atoms with Crippen molar-refractivity contribution in [3.8, 4) is 0 Å². The number of carbonyl (C=O) groups is 1. The normalized spacial score (nSPS) is 11.1. The minimum absolute atomic E-state index is 0.0822. The predicted octanol–water partition coefficient (Wildman–Crippen LogP) is 1.85. The Bertz CT molecular complexity index is 556. The summed E-state index contributed by atoms with van der Waals surface area (Å²) < 4.78 is 4.29. The van der Waals surface area contributed by atoms with Crippen LogP contribution in [-0.2, 0) is 9.53 Å². The van der Waals surface area contributed by atoms with Crippen LogP contribution in [0.3, 0.4) is 0 Å². The SMILES string of the molecule is COC(=O)/C([N+]#N)=C(\O)c1ccc([N+](=O)[O-])cc1. The van der Waals surface area contributed by atoms with E-state index < -0.39 is 22.3 Å². The predicted molar refractivity (Wildman–Crippen MR) is 59.7 cm³/mol. The number of carbonyl (C=O) groups excluding carboxylic acids is 1. The van der Waals surface area contributed by atoms with E-state index >= 15 is 0 Å². The molecule has 0 aliphatic heterocycles. The maximum atomic E-state index is 11.1. The number of hydrogen-bond acceptors (Lipinski definition) is 6. The van der Waals surface area contributed by atoms with Crippen LogP contribution >= 0.6 is 0 Å². The van der Waals surface area contributed by atoms with Crippen LogP contribution in [0.4, 0.5) is 5.69 Å². The van der Waals surface area contributed by atoms with Gasteiger partial charge in [0.25, 0.3) is 5.69 Å². The fraction of sp³-hybridized carbons (Fsp3) is 0.100. The Morgan fingerprint density at radius 2 is 2.00 bits per heavy atom. The molecular formula is C10H8N3O5+. The van der Waals surface area contributed by atoms with E-state index in [1.807, 2.05) is 0 Å². The standard InChI is InChI=1S/C10H7N3O5/c1-18-10(15)8(12-11)9(14)6-2-4-7(5-3-6)13(16)17/h2-5H,1H3/p+1. The third-order valence-electron chi connectivity index (χ3n) is 2.05. The summed E-state index contributed by atoms with van der Waals surface area (Å²) in [5, 5.41) is 28.7. The fourth-order valence-corrected chi connectivity index (χ4v) is 1.16. The molecule has 8 nitrogen and oxygen atoms in total. The van der Waals surface area contributed by atoms with Gasteiger partial charge in [-0.25, -0.2) is 4.79 Å². The maximum absolute atomic E-state index is 11.1. The first kappa shape index (κ1) is 13.1. The highest BCUT2D eigenvalue weighted by Gasteiger charge is 2.30. The van der Waals surface area contributed by atoms with Gasteiger partial charge in [0.05, 0.1) is 12.0 Å². The number of hydrogen-bond donors (Lipinski definition) is 1. The molecule has 0 saturated carbocycles. The van der Waals surface area contributed by atoms with E-state index in [1.54, 1.807) is 0 Å². The van der Waals surface area contributed by atoms with E-state index in [9.17, 15) is 20.0 Å². The van der Waals surface area contributed by atoms with E-state index in [4.69, 9.17) is 5.39 Å². The number of aliphatic hydroxyl groups excluding tert-OH is 1. The topological polar surface area (TPSA) is 118 Å². The molecule has 0 saturated heterocycles. The molecule has 0 aromatic heterocycles. The molecule has 0 aliphatic carbocycles. The first-order valence-corrected chi connectivity index (χ1v) is 4.62. The van der Waals surface area contributed by atoms with Crippen LogP contribution in [0.25, 0.3) is 10.7 Å². The van der Waals surface area contributed by atoms with Crippen LogP contribution < -0.4 is 0 Å². The number of methoxy groups -OCH3 is 1. The number of diazo groups is 1. The molecule has 8 heteroatoms. The quantitative estimate of drug-likeness (QED) is 0.218. The molecule has 1 rings (SSSR count). The third-order valence-corrected chi connectivity index (χ3v) is 2.05. The van der Waals surface area contributed by atoms with Crippen molar-refractivity contribution in [3.05, 3.63) is 50.6 Å². The molecule has 0 aliphatic rings. The molecule has 0 radical (unpaired) electrons. The van der Waals surface area contributed by atoms with E-state index in [2.05, 4.69) is 9.71 Å². The highest BCUT2D eigenvalue weighted by Crippen LogP contribution is 2.20. The minimum atomic E-state index is -1.03. The van der Waals surface area contributed by atoms with Gasteiger partial charge in [-0.1, -0.05) is 0 Å². The Labute approximate surface area is 101 Å². The number of benzene rings is 1. The average molecular weight is 250 g/mol. The molecule has 1 aromatic carbocycles. The number of nitro groups is 1. The number of non-ortho nitro benzene ring substituents is 1. The fourth-order valence-electron chi connectivity index (χ4n) is 1.16. The van der Waals surface area contributed by atoms with Gasteiger partial charge in [-0.05, 0) is 12.1 Å². The zero-order valence-electron chi connectivity index (χ0n) is 9.23. The number of aliphatic hydroxyl groups is 1. The lowest BCUT2D eigenvalue weighted by atomic mass is 10.1. The zero-order valence-corrected chi connectivity index (χ0v) is 9.23. The monoisotopic (exact) mass is 250 g/mol. The largest absolute Gasteiger partial charge is 0.510 e. The summed E-state index contributed by atoms with van der Waals surface area (Å²) in [6.45, 7) is 0. The molecule has 0 atom stereocenters. The number of nitro benzene ring substituents is 1. The summed E-state index contributed by atoms with van der Waals surface area (Å²) in [5.41, 5.74) is -0.780. The molecular weight excluding hydrogens is 242 g/mol. The minimum Gasteiger partial charge on any atom is -0.501 e. The van der Waals surface area contributed by atoms with Gasteiger partial charge in [0, 0.05) is 17.7 Å². The summed E-state index contributed by atoms with van der Waals surface area (Å²) in [6, 6.07) is 4.69. The van der Waals surface area contributed by atoms with E-state index in [0.717, 1.165) is 19.2 Å². The van der Waals surface area contributed by atoms with Gasteiger partial charge >= 0.3 is 11.7 Å². The Hall–Kier alpha value is -2.95. The van der Waals surface area contributed by atoms with E-state index in [-0.39, 0.29) is 11.3 Å². The average Bonchev–Trinajstić information content (AvgIpc) is 2.39. The zero-order chi connectivity index (χ0) is 13.7. The summed E-state index contributed by atoms with van der Waals surface area (Å²) >= 11 is 0. The van der Waals surface area contributed by atoms with Crippen molar-refractivity contribution in [1.82, 2.24) is 0 Å². The summed E-state index contributed by atoms with van der Waals surface area (Å²) in [4.78, 5) is 23.6. The second kappa shape index (κ2) is 5.40. The molecule has 0 heterocycles. The van der Waals surface area contributed by atoms with Crippen molar-refractivity contribution >= 4 is 17.4 Å².